The second-order valence-corrected chi connectivity index (χ2v) is 10.3. The molecule has 228 valence electrons. The van der Waals surface area contributed by atoms with Crippen molar-refractivity contribution in [3.63, 3.8) is 0 Å². The Morgan fingerprint density at radius 1 is 1.00 bits per heavy atom. The van der Waals surface area contributed by atoms with Gasteiger partial charge >= 0.3 is 6.18 Å². The van der Waals surface area contributed by atoms with Gasteiger partial charge in [-0.2, -0.15) is 18.4 Å². The molecule has 4 rings (SSSR count). The average molecular weight is 646 g/mol. The Labute approximate surface area is 259 Å². The molecule has 44 heavy (non-hydrogen) atoms. The minimum absolute atomic E-state index is 0.00571. The van der Waals surface area contributed by atoms with Crippen LogP contribution in [0.2, 0.25) is 10.0 Å². The number of aliphatic hydroxyl groups is 1. The van der Waals surface area contributed by atoms with E-state index in [2.05, 4.69) is 10.3 Å². The first-order valence-corrected chi connectivity index (χ1v) is 13.6. The molecule has 0 atom stereocenters. The molecule has 0 spiro atoms. The number of methoxy groups -OCH3 is 2. The van der Waals surface area contributed by atoms with Crippen LogP contribution in [0, 0.1) is 11.3 Å². The van der Waals surface area contributed by atoms with Crippen LogP contribution in [0.1, 0.15) is 32.6 Å². The van der Waals surface area contributed by atoms with Gasteiger partial charge in [0.15, 0.2) is 11.5 Å². The lowest BCUT2D eigenvalue weighted by Gasteiger charge is -2.16. The molecule has 0 unspecified atom stereocenters. The molecule has 0 aliphatic carbocycles. The molecule has 0 aliphatic heterocycles. The first-order chi connectivity index (χ1) is 20.9. The van der Waals surface area contributed by atoms with Crippen LogP contribution in [-0.4, -0.2) is 36.8 Å². The quantitative estimate of drug-likeness (QED) is 0.194. The van der Waals surface area contributed by atoms with Crippen molar-refractivity contribution in [2.75, 3.05) is 20.8 Å². The average Bonchev–Trinajstić information content (AvgIpc) is 2.99. The van der Waals surface area contributed by atoms with Crippen LogP contribution in [0.4, 0.5) is 13.2 Å². The van der Waals surface area contributed by atoms with Gasteiger partial charge in [-0.1, -0.05) is 29.3 Å². The zero-order valence-corrected chi connectivity index (χ0v) is 24.7. The summed E-state index contributed by atoms with van der Waals surface area (Å²) in [5.74, 6) is 0.509. The Hall–Kier alpha value is -4.50. The maximum absolute atomic E-state index is 13.5. The van der Waals surface area contributed by atoms with Gasteiger partial charge in [-0.3, -0.25) is 9.59 Å². The highest BCUT2D eigenvalue weighted by Crippen LogP contribution is 2.38. The number of carbonyl (C=O) groups excluding carboxylic acids is 1. The SMILES string of the molecule is COc1ccc(CCNC(=O)c2cc(Cl)cc(-c3cc(-c4cc(C(F)(F)F)ccc4Cl)c(C#N)c(=O)[nH]3)c2CO)cc1OC. The highest BCUT2D eigenvalue weighted by atomic mass is 35.5. The molecular weight excluding hydrogens is 622 g/mol. The molecule has 0 saturated heterocycles. The van der Waals surface area contributed by atoms with Gasteiger partial charge in [0, 0.05) is 44.5 Å². The minimum Gasteiger partial charge on any atom is -0.493 e. The minimum atomic E-state index is -4.71. The zero-order chi connectivity index (χ0) is 32.2. The van der Waals surface area contributed by atoms with Crippen molar-refractivity contribution in [1.82, 2.24) is 10.3 Å². The van der Waals surface area contributed by atoms with Crippen LogP contribution in [0.15, 0.2) is 59.4 Å². The third kappa shape index (κ3) is 6.83. The first kappa shape index (κ1) is 32.4. The number of benzene rings is 3. The van der Waals surface area contributed by atoms with E-state index < -0.39 is 35.4 Å². The summed E-state index contributed by atoms with van der Waals surface area (Å²) in [6, 6.07) is 13.6. The molecule has 0 fully saturated rings. The van der Waals surface area contributed by atoms with E-state index in [0.29, 0.717) is 17.9 Å². The van der Waals surface area contributed by atoms with Crippen molar-refractivity contribution in [2.45, 2.75) is 19.2 Å². The number of hydrogen-bond acceptors (Lipinski definition) is 6. The second kappa shape index (κ2) is 13.4. The standard InChI is InChI=1S/C31H24Cl2F3N3O5/c1-43-27-6-3-16(9-28(27)44-2)7-8-38-29(41)22-12-18(32)11-21(24(22)15-40)26-13-19(23(14-37)30(42)39-26)20-10-17(31(34,35)36)4-5-25(20)33/h3-6,9-13,40H,7-8,15H2,1-2H3,(H,38,41)(H,39,42). The topological polar surface area (TPSA) is 124 Å². The third-order valence-electron chi connectivity index (χ3n) is 6.78. The highest BCUT2D eigenvalue weighted by molar-refractivity contribution is 6.33. The normalized spacial score (nSPS) is 11.2. The molecule has 1 amide bonds. The van der Waals surface area contributed by atoms with Crippen molar-refractivity contribution in [2.24, 2.45) is 0 Å². The molecule has 0 bridgehead atoms. The zero-order valence-electron chi connectivity index (χ0n) is 23.2. The largest absolute Gasteiger partial charge is 0.493 e. The van der Waals surface area contributed by atoms with E-state index >= 15 is 0 Å². The number of nitriles is 1. The van der Waals surface area contributed by atoms with Gasteiger partial charge in [0.1, 0.15) is 11.6 Å². The maximum atomic E-state index is 13.5. The predicted molar refractivity (Wildman–Crippen MR) is 159 cm³/mol. The van der Waals surface area contributed by atoms with Crippen LogP contribution in [0.3, 0.4) is 0 Å². The predicted octanol–water partition coefficient (Wildman–Crippen LogP) is 6.39. The number of H-pyrrole nitrogens is 1. The summed E-state index contributed by atoms with van der Waals surface area (Å²) in [5.41, 5.74) is -1.75. The fourth-order valence-corrected chi connectivity index (χ4v) is 5.08. The van der Waals surface area contributed by atoms with Crippen molar-refractivity contribution in [3.05, 3.63) is 103 Å². The Kier molecular flexibility index (Phi) is 9.89. The van der Waals surface area contributed by atoms with Gasteiger partial charge in [-0.05, 0) is 66.1 Å². The summed E-state index contributed by atoms with van der Waals surface area (Å²) in [5, 5.41) is 22.7. The lowest BCUT2D eigenvalue weighted by atomic mass is 9.94. The van der Waals surface area contributed by atoms with Gasteiger partial charge in [-0.15, -0.1) is 0 Å². The van der Waals surface area contributed by atoms with E-state index in [1.165, 1.54) is 32.4 Å². The summed E-state index contributed by atoms with van der Waals surface area (Å²) >= 11 is 12.6. The van der Waals surface area contributed by atoms with Crippen molar-refractivity contribution in [3.8, 4) is 40.0 Å². The fourth-order valence-electron chi connectivity index (χ4n) is 4.64. The van der Waals surface area contributed by atoms with Gasteiger partial charge < -0.3 is 24.9 Å². The summed E-state index contributed by atoms with van der Waals surface area (Å²) < 4.78 is 50.9. The van der Waals surface area contributed by atoms with Gasteiger partial charge in [0.05, 0.1) is 26.4 Å². The molecule has 1 heterocycles. The number of aromatic nitrogens is 1. The second-order valence-electron chi connectivity index (χ2n) is 9.44. The molecule has 4 aromatic rings. The van der Waals surface area contributed by atoms with Crippen LogP contribution in [0.25, 0.3) is 22.4 Å². The number of nitrogens with zero attached hydrogens (tertiary/aromatic N) is 1. The molecule has 8 nitrogen and oxygen atoms in total. The first-order valence-electron chi connectivity index (χ1n) is 12.9. The van der Waals surface area contributed by atoms with Crippen LogP contribution < -0.4 is 20.3 Å². The van der Waals surface area contributed by atoms with Gasteiger partial charge in [0.2, 0.25) is 0 Å². The number of ether oxygens (including phenoxy) is 2. The van der Waals surface area contributed by atoms with Crippen LogP contribution in [-0.2, 0) is 19.2 Å². The molecule has 13 heteroatoms. The molecular formula is C31H24Cl2F3N3O5. The van der Waals surface area contributed by atoms with E-state index in [0.717, 1.165) is 23.8 Å². The summed E-state index contributed by atoms with van der Waals surface area (Å²) in [4.78, 5) is 28.7. The summed E-state index contributed by atoms with van der Waals surface area (Å²) in [6.07, 6.45) is -4.28. The lowest BCUT2D eigenvalue weighted by Crippen LogP contribution is -2.27. The fraction of sp³-hybridized carbons (Fsp3) is 0.194. The lowest BCUT2D eigenvalue weighted by molar-refractivity contribution is -0.137. The third-order valence-corrected chi connectivity index (χ3v) is 7.33. The Morgan fingerprint density at radius 2 is 1.73 bits per heavy atom. The smallest absolute Gasteiger partial charge is 0.416 e. The van der Waals surface area contributed by atoms with Crippen molar-refractivity contribution < 1.29 is 32.5 Å². The molecule has 0 saturated carbocycles. The number of rotatable bonds is 9. The molecule has 0 radical (unpaired) electrons. The number of hydrogen-bond donors (Lipinski definition) is 3. The molecule has 0 aliphatic rings. The van der Waals surface area contributed by atoms with E-state index in [1.54, 1.807) is 18.2 Å². The summed E-state index contributed by atoms with van der Waals surface area (Å²) in [6.45, 7) is -0.459. The maximum Gasteiger partial charge on any atom is 0.416 e. The number of halogens is 5. The van der Waals surface area contributed by atoms with Crippen LogP contribution >= 0.6 is 23.2 Å². The van der Waals surface area contributed by atoms with E-state index in [1.807, 2.05) is 6.07 Å². The number of alkyl halides is 3. The monoisotopic (exact) mass is 645 g/mol. The van der Waals surface area contributed by atoms with E-state index in [9.17, 15) is 33.1 Å². The van der Waals surface area contributed by atoms with E-state index in [4.69, 9.17) is 32.7 Å². The number of carbonyl (C=O) groups is 1. The number of aliphatic hydroxyl groups excluding tert-OH is 1. The highest BCUT2D eigenvalue weighted by Gasteiger charge is 2.31. The number of nitrogens with one attached hydrogen (secondary N) is 2. The summed E-state index contributed by atoms with van der Waals surface area (Å²) in [7, 11) is 3.03. The Morgan fingerprint density at radius 3 is 2.36 bits per heavy atom. The number of amides is 1. The number of pyridine rings is 1. The van der Waals surface area contributed by atoms with Crippen molar-refractivity contribution in [1.29, 1.82) is 5.26 Å². The Balaban J connectivity index is 1.73. The Bertz CT molecular complexity index is 1830. The van der Waals surface area contributed by atoms with Gasteiger partial charge in [-0.25, -0.2) is 0 Å². The van der Waals surface area contributed by atoms with E-state index in [-0.39, 0.29) is 50.1 Å². The number of aromatic amines is 1. The molecule has 1 aromatic heterocycles. The molecule has 3 aromatic carbocycles. The molecule has 3 N–H and O–H groups in total. The van der Waals surface area contributed by atoms with Crippen molar-refractivity contribution >= 4 is 29.1 Å². The van der Waals surface area contributed by atoms with Crippen LogP contribution in [0.5, 0.6) is 11.5 Å². The van der Waals surface area contributed by atoms with Gasteiger partial charge in [0.25, 0.3) is 11.5 Å².